The number of carbonyl (C=O) groups excluding carboxylic acids is 2. The van der Waals surface area contributed by atoms with E-state index < -0.39 is 5.60 Å². The van der Waals surface area contributed by atoms with Crippen molar-refractivity contribution in [3.8, 4) is 5.69 Å². The van der Waals surface area contributed by atoms with Gasteiger partial charge in [-0.1, -0.05) is 18.2 Å². The van der Waals surface area contributed by atoms with Gasteiger partial charge in [-0.2, -0.15) is 5.10 Å². The first-order chi connectivity index (χ1) is 14.1. The number of esters is 1. The van der Waals surface area contributed by atoms with Gasteiger partial charge < -0.3 is 10.1 Å². The summed E-state index contributed by atoms with van der Waals surface area (Å²) in [6.07, 6.45) is 7.30. The van der Waals surface area contributed by atoms with Crippen molar-refractivity contribution in [2.45, 2.75) is 31.3 Å². The van der Waals surface area contributed by atoms with Gasteiger partial charge in [-0.3, -0.25) is 9.78 Å². The number of ether oxygens (including phenoxy) is 1. The summed E-state index contributed by atoms with van der Waals surface area (Å²) in [6.45, 7) is 0. The van der Waals surface area contributed by atoms with E-state index >= 15 is 0 Å². The number of hydrogen-bond acceptors (Lipinski definition) is 6. The summed E-state index contributed by atoms with van der Waals surface area (Å²) < 4.78 is 5.72. The minimum atomic E-state index is -0.645. The molecule has 1 aliphatic heterocycles. The lowest BCUT2D eigenvalue weighted by Crippen LogP contribution is -2.36. The number of nitrogens with one attached hydrogen (secondary N) is 1. The summed E-state index contributed by atoms with van der Waals surface area (Å²) in [5.41, 5.74) is 1.60. The lowest BCUT2D eigenvalue weighted by molar-refractivity contribution is -0.122. The molecule has 146 valence electrons. The molecule has 1 saturated carbocycles. The third kappa shape index (κ3) is 3.06. The largest absolute Gasteiger partial charge is 0.450 e. The van der Waals surface area contributed by atoms with Crippen LogP contribution in [0.15, 0.2) is 55.0 Å². The molecule has 1 aromatic carbocycles. The van der Waals surface area contributed by atoms with Gasteiger partial charge in [0.2, 0.25) is 5.91 Å². The number of fused-ring (bicyclic) bond motifs is 2. The number of nitrogens with zero attached hydrogens (tertiary/aromatic N) is 4. The molecule has 8 nitrogen and oxygen atoms in total. The molecule has 0 atom stereocenters. The average Bonchev–Trinajstić information content (AvgIpc) is 3.33. The van der Waals surface area contributed by atoms with Crippen LogP contribution in [0.4, 0.5) is 5.82 Å². The first-order valence-corrected chi connectivity index (χ1v) is 9.61. The zero-order valence-corrected chi connectivity index (χ0v) is 15.6. The molecule has 1 amide bonds. The van der Waals surface area contributed by atoms with E-state index in [1.807, 2.05) is 30.3 Å². The van der Waals surface area contributed by atoms with Gasteiger partial charge in [-0.15, -0.1) is 9.90 Å². The maximum atomic E-state index is 12.7. The number of aromatic nitrogens is 4. The van der Waals surface area contributed by atoms with E-state index in [1.165, 1.54) is 11.0 Å². The van der Waals surface area contributed by atoms with Gasteiger partial charge in [0.15, 0.2) is 5.82 Å². The molecule has 5 rings (SSSR count). The Morgan fingerprint density at radius 3 is 2.72 bits per heavy atom. The number of hydrogen-bond donors (Lipinski definition) is 1. The van der Waals surface area contributed by atoms with Crippen molar-refractivity contribution in [3.63, 3.8) is 0 Å². The first kappa shape index (κ1) is 17.5. The second-order valence-corrected chi connectivity index (χ2v) is 7.42. The van der Waals surface area contributed by atoms with Gasteiger partial charge in [0, 0.05) is 23.9 Å². The van der Waals surface area contributed by atoms with E-state index in [2.05, 4.69) is 20.5 Å². The van der Waals surface area contributed by atoms with Crippen molar-refractivity contribution >= 4 is 17.7 Å². The number of anilines is 1. The maximum Gasteiger partial charge on any atom is 0.339 e. The standard InChI is InChI=1S/C21H19N5O3/c27-19(24-18-13-23-26(25-18)15-4-2-1-3-5-15)14-6-9-21(10-7-14)17-12-22-11-8-16(17)20(28)29-21/h1-5,8,11-14H,6-7,9-10H2,(H,24,25,27)/t14-,21+. The first-order valence-electron chi connectivity index (χ1n) is 9.61. The van der Waals surface area contributed by atoms with Gasteiger partial charge in [-0.25, -0.2) is 4.79 Å². The van der Waals surface area contributed by atoms with Crippen molar-refractivity contribution in [2.24, 2.45) is 5.92 Å². The molecule has 3 aromatic rings. The van der Waals surface area contributed by atoms with Crippen LogP contribution in [0.1, 0.15) is 41.6 Å². The van der Waals surface area contributed by atoms with Crippen LogP contribution in [0.5, 0.6) is 0 Å². The predicted molar refractivity (Wildman–Crippen MR) is 103 cm³/mol. The van der Waals surface area contributed by atoms with Crippen LogP contribution < -0.4 is 5.32 Å². The second-order valence-electron chi connectivity index (χ2n) is 7.42. The van der Waals surface area contributed by atoms with Crippen molar-refractivity contribution < 1.29 is 14.3 Å². The number of benzene rings is 1. The highest BCUT2D eigenvalue weighted by molar-refractivity contribution is 5.95. The van der Waals surface area contributed by atoms with Gasteiger partial charge in [0.1, 0.15) is 5.60 Å². The highest BCUT2D eigenvalue weighted by Crippen LogP contribution is 2.47. The molecule has 0 saturated heterocycles. The molecule has 1 spiro atoms. The lowest BCUT2D eigenvalue weighted by atomic mass is 9.75. The number of rotatable bonds is 3. The van der Waals surface area contributed by atoms with E-state index in [1.54, 1.807) is 18.5 Å². The van der Waals surface area contributed by atoms with Crippen LogP contribution in [0.3, 0.4) is 0 Å². The van der Waals surface area contributed by atoms with E-state index in [-0.39, 0.29) is 17.8 Å². The fourth-order valence-electron chi connectivity index (χ4n) is 4.17. The van der Waals surface area contributed by atoms with Crippen LogP contribution in [-0.4, -0.2) is 31.9 Å². The van der Waals surface area contributed by atoms with Gasteiger partial charge in [0.05, 0.1) is 17.4 Å². The molecule has 3 heterocycles. The fraction of sp³-hybridized carbons (Fsp3) is 0.286. The smallest absolute Gasteiger partial charge is 0.339 e. The van der Waals surface area contributed by atoms with E-state index in [9.17, 15) is 9.59 Å². The molecule has 29 heavy (non-hydrogen) atoms. The number of para-hydroxylation sites is 1. The van der Waals surface area contributed by atoms with Crippen molar-refractivity contribution in [1.29, 1.82) is 0 Å². The highest BCUT2D eigenvalue weighted by atomic mass is 16.6. The van der Waals surface area contributed by atoms with Crippen molar-refractivity contribution in [2.75, 3.05) is 5.32 Å². The van der Waals surface area contributed by atoms with E-state index in [0.717, 1.165) is 11.3 Å². The van der Waals surface area contributed by atoms with E-state index in [0.29, 0.717) is 37.1 Å². The van der Waals surface area contributed by atoms with Crippen molar-refractivity contribution in [3.05, 3.63) is 66.1 Å². The van der Waals surface area contributed by atoms with Crippen molar-refractivity contribution in [1.82, 2.24) is 20.0 Å². The summed E-state index contributed by atoms with van der Waals surface area (Å²) in [5, 5.41) is 11.4. The molecule has 8 heteroatoms. The fourth-order valence-corrected chi connectivity index (χ4v) is 4.17. The normalized spacial score (nSPS) is 22.9. The van der Waals surface area contributed by atoms with E-state index in [4.69, 9.17) is 4.74 Å². The van der Waals surface area contributed by atoms with Crippen LogP contribution in [0, 0.1) is 5.92 Å². The summed E-state index contributed by atoms with van der Waals surface area (Å²) in [6, 6.07) is 11.2. The third-order valence-electron chi connectivity index (χ3n) is 5.71. The molecule has 2 aliphatic rings. The Kier molecular flexibility index (Phi) is 4.12. The zero-order valence-electron chi connectivity index (χ0n) is 15.6. The molecule has 1 fully saturated rings. The molecule has 0 unspecified atom stereocenters. The number of pyridine rings is 1. The zero-order chi connectivity index (χ0) is 19.8. The van der Waals surface area contributed by atoms with Crippen LogP contribution in [0.25, 0.3) is 5.69 Å². The molecule has 0 bridgehead atoms. The van der Waals surface area contributed by atoms with Crippen LogP contribution >= 0.6 is 0 Å². The minimum Gasteiger partial charge on any atom is -0.450 e. The second kappa shape index (κ2) is 6.80. The summed E-state index contributed by atoms with van der Waals surface area (Å²) >= 11 is 0. The Hall–Kier alpha value is -3.55. The Morgan fingerprint density at radius 2 is 1.93 bits per heavy atom. The highest BCUT2D eigenvalue weighted by Gasteiger charge is 2.48. The molecule has 1 N–H and O–H groups in total. The summed E-state index contributed by atoms with van der Waals surface area (Å²) in [4.78, 5) is 30.5. The average molecular weight is 389 g/mol. The summed E-state index contributed by atoms with van der Waals surface area (Å²) in [7, 11) is 0. The van der Waals surface area contributed by atoms with Gasteiger partial charge in [-0.05, 0) is 43.9 Å². The topological polar surface area (TPSA) is 99.0 Å². The Morgan fingerprint density at radius 1 is 1.14 bits per heavy atom. The Labute approximate surface area is 166 Å². The predicted octanol–water partition coefficient (Wildman–Crippen LogP) is 2.86. The molecule has 0 radical (unpaired) electrons. The Balaban J connectivity index is 1.25. The Bertz CT molecular complexity index is 1070. The monoisotopic (exact) mass is 389 g/mol. The number of amides is 1. The molecule has 1 aliphatic carbocycles. The third-order valence-corrected chi connectivity index (χ3v) is 5.71. The lowest BCUT2D eigenvalue weighted by Gasteiger charge is -2.35. The van der Waals surface area contributed by atoms with Gasteiger partial charge >= 0.3 is 5.97 Å². The minimum absolute atomic E-state index is 0.0873. The van der Waals surface area contributed by atoms with Crippen LogP contribution in [0.2, 0.25) is 0 Å². The molecular formula is C21H19N5O3. The van der Waals surface area contributed by atoms with Gasteiger partial charge in [0.25, 0.3) is 0 Å². The molecule has 2 aromatic heterocycles. The number of carbonyl (C=O) groups is 2. The SMILES string of the molecule is O=C1O[C@]2(CC[C@@H](C(=O)Nc3cnn(-c4ccccc4)n3)CC2)c2cnccc21. The van der Waals surface area contributed by atoms with Crippen LogP contribution in [-0.2, 0) is 15.1 Å². The maximum absolute atomic E-state index is 12.7. The molecular weight excluding hydrogens is 370 g/mol. The quantitative estimate of drug-likeness (QED) is 0.692. The summed E-state index contributed by atoms with van der Waals surface area (Å²) in [5.74, 6) is -0.138.